The van der Waals surface area contributed by atoms with E-state index in [1.807, 2.05) is 0 Å². The van der Waals surface area contributed by atoms with E-state index >= 15 is 0 Å². The van der Waals surface area contributed by atoms with Crippen molar-refractivity contribution in [3.05, 3.63) is 57.3 Å². The minimum Gasteiger partial charge on any atom is -0.508 e. The molecule has 1 aliphatic heterocycles. The number of benzene rings is 2. The molecular formula is C16H11Cl2FN2O2. The molecule has 118 valence electrons. The Labute approximate surface area is 146 Å². The molecule has 0 aliphatic carbocycles. The predicted octanol–water partition coefficient (Wildman–Crippen LogP) is 3.65. The van der Waals surface area contributed by atoms with Crippen molar-refractivity contribution in [1.29, 1.82) is 0 Å². The van der Waals surface area contributed by atoms with Crippen molar-refractivity contribution in [2.24, 2.45) is 4.99 Å². The van der Waals surface area contributed by atoms with Gasteiger partial charge in [0.15, 0.2) is 0 Å². The third kappa shape index (κ3) is 2.66. The minimum atomic E-state index is -2.80. The SMILES string of the molecule is [3H]C([3H])([3H])N1C(=O)CN=C(c2cc(O)ccc2F)c2c1ccc(Cl)c2Cl. The molecule has 0 radical (unpaired) electrons. The van der Waals surface area contributed by atoms with Crippen LogP contribution in [-0.2, 0) is 4.79 Å². The van der Waals surface area contributed by atoms with E-state index in [4.69, 9.17) is 27.3 Å². The van der Waals surface area contributed by atoms with Gasteiger partial charge in [-0.2, -0.15) is 0 Å². The maximum atomic E-state index is 14.4. The molecule has 0 spiro atoms. The Hall–Kier alpha value is -2.11. The molecule has 23 heavy (non-hydrogen) atoms. The number of phenols is 1. The number of fused-ring (bicyclic) bond motifs is 1. The molecule has 1 aliphatic rings. The summed E-state index contributed by atoms with van der Waals surface area (Å²) in [6.07, 6.45) is 0. The van der Waals surface area contributed by atoms with Crippen LogP contribution >= 0.6 is 23.2 Å². The summed E-state index contributed by atoms with van der Waals surface area (Å²) in [4.78, 5) is 17.0. The van der Waals surface area contributed by atoms with Gasteiger partial charge in [0, 0.05) is 22.2 Å². The Kier molecular flexibility index (Phi) is 3.13. The number of aliphatic imine (C=N–C) groups is 1. The van der Waals surface area contributed by atoms with Crippen molar-refractivity contribution in [3.63, 3.8) is 0 Å². The van der Waals surface area contributed by atoms with Crippen LogP contribution in [0.2, 0.25) is 10.0 Å². The van der Waals surface area contributed by atoms with E-state index in [2.05, 4.69) is 4.99 Å². The maximum absolute atomic E-state index is 14.4. The maximum Gasteiger partial charge on any atom is 0.248 e. The van der Waals surface area contributed by atoms with Crippen LogP contribution in [0.3, 0.4) is 0 Å². The van der Waals surface area contributed by atoms with Crippen LogP contribution < -0.4 is 4.90 Å². The van der Waals surface area contributed by atoms with Gasteiger partial charge >= 0.3 is 0 Å². The second-order valence-corrected chi connectivity index (χ2v) is 5.60. The first-order chi connectivity index (χ1) is 12.1. The van der Waals surface area contributed by atoms with Gasteiger partial charge in [-0.05, 0) is 30.3 Å². The fourth-order valence-electron chi connectivity index (χ4n) is 2.30. The zero-order valence-electron chi connectivity index (χ0n) is 14.5. The number of carbonyl (C=O) groups excluding carboxylic acids is 1. The fourth-order valence-corrected chi connectivity index (χ4v) is 2.70. The highest BCUT2D eigenvalue weighted by Crippen LogP contribution is 2.37. The topological polar surface area (TPSA) is 52.9 Å². The van der Waals surface area contributed by atoms with Gasteiger partial charge < -0.3 is 10.0 Å². The lowest BCUT2D eigenvalue weighted by molar-refractivity contribution is -0.116. The van der Waals surface area contributed by atoms with E-state index in [0.717, 1.165) is 18.2 Å². The average Bonchev–Trinajstić information content (AvgIpc) is 2.69. The molecule has 0 saturated carbocycles. The fraction of sp³-hybridized carbons (Fsp3) is 0.125. The highest BCUT2D eigenvalue weighted by Gasteiger charge is 2.27. The van der Waals surface area contributed by atoms with E-state index in [0.29, 0.717) is 4.90 Å². The van der Waals surface area contributed by atoms with E-state index in [1.165, 1.54) is 12.1 Å². The molecule has 1 amide bonds. The Bertz CT molecular complexity index is 948. The Morgan fingerprint density at radius 3 is 2.87 bits per heavy atom. The normalized spacial score (nSPS) is 16.8. The molecule has 3 rings (SSSR count). The highest BCUT2D eigenvalue weighted by molar-refractivity contribution is 6.45. The molecule has 2 aromatic carbocycles. The van der Waals surface area contributed by atoms with Crippen LogP contribution in [0.4, 0.5) is 10.1 Å². The summed E-state index contributed by atoms with van der Waals surface area (Å²) in [6.45, 7) is -3.34. The van der Waals surface area contributed by atoms with E-state index < -0.39 is 25.2 Å². The van der Waals surface area contributed by atoms with Crippen LogP contribution in [0.15, 0.2) is 35.3 Å². The van der Waals surface area contributed by atoms with Crippen LogP contribution in [-0.4, -0.2) is 30.2 Å². The zero-order valence-corrected chi connectivity index (χ0v) is 13.0. The molecule has 0 aromatic heterocycles. The number of aromatic hydroxyl groups is 1. The van der Waals surface area contributed by atoms with Gasteiger partial charge in [-0.25, -0.2) is 4.39 Å². The molecule has 0 unspecified atom stereocenters. The molecule has 2 aromatic rings. The molecule has 0 fully saturated rings. The van der Waals surface area contributed by atoms with Gasteiger partial charge in [-0.1, -0.05) is 23.2 Å². The number of carbonyl (C=O) groups is 1. The number of nitrogens with zero attached hydrogens (tertiary/aromatic N) is 2. The van der Waals surface area contributed by atoms with Gasteiger partial charge in [0.25, 0.3) is 0 Å². The third-order valence-electron chi connectivity index (χ3n) is 3.38. The molecule has 0 saturated heterocycles. The third-order valence-corrected chi connectivity index (χ3v) is 4.18. The lowest BCUT2D eigenvalue weighted by Crippen LogP contribution is -2.27. The number of benzodiazepines with no additional fused rings is 1. The summed E-state index contributed by atoms with van der Waals surface area (Å²) in [7, 11) is 0. The number of amides is 1. The quantitative estimate of drug-likeness (QED) is 0.845. The number of hydrogen-bond donors (Lipinski definition) is 1. The van der Waals surface area contributed by atoms with Crippen molar-refractivity contribution in [1.82, 2.24) is 0 Å². The summed E-state index contributed by atoms with van der Waals surface area (Å²) in [6, 6.07) is 5.95. The first-order valence-electron chi connectivity index (χ1n) is 7.96. The van der Waals surface area contributed by atoms with Crippen molar-refractivity contribution in [2.75, 3.05) is 18.4 Å². The zero-order chi connectivity index (χ0) is 19.2. The van der Waals surface area contributed by atoms with E-state index in [9.17, 15) is 14.3 Å². The number of anilines is 1. The van der Waals surface area contributed by atoms with Crippen molar-refractivity contribution < 1.29 is 18.4 Å². The van der Waals surface area contributed by atoms with Crippen molar-refractivity contribution in [3.8, 4) is 5.75 Å². The first-order valence-corrected chi connectivity index (χ1v) is 7.21. The molecule has 0 atom stereocenters. The van der Waals surface area contributed by atoms with Crippen LogP contribution in [0.5, 0.6) is 5.75 Å². The molecule has 1 N–H and O–H groups in total. The molecule has 4 nitrogen and oxygen atoms in total. The Balaban J connectivity index is 2.36. The summed E-state index contributed by atoms with van der Waals surface area (Å²) in [5, 5.41) is 9.70. The number of hydrogen-bond acceptors (Lipinski definition) is 3. The molecule has 1 heterocycles. The lowest BCUT2D eigenvalue weighted by atomic mass is 9.99. The van der Waals surface area contributed by atoms with Crippen LogP contribution in [0.1, 0.15) is 15.2 Å². The highest BCUT2D eigenvalue weighted by atomic mass is 35.5. The van der Waals surface area contributed by atoms with Gasteiger partial charge in [0.05, 0.1) is 21.4 Å². The van der Waals surface area contributed by atoms with Gasteiger partial charge in [-0.15, -0.1) is 0 Å². The molecule has 0 bridgehead atoms. The van der Waals surface area contributed by atoms with Crippen molar-refractivity contribution >= 4 is 40.5 Å². The smallest absolute Gasteiger partial charge is 0.248 e. The van der Waals surface area contributed by atoms with Gasteiger partial charge in [-0.3, -0.25) is 9.79 Å². The predicted molar refractivity (Wildman–Crippen MR) is 88.4 cm³/mol. The van der Waals surface area contributed by atoms with E-state index in [-0.39, 0.29) is 38.3 Å². The van der Waals surface area contributed by atoms with Gasteiger partial charge in [0.2, 0.25) is 5.91 Å². The van der Waals surface area contributed by atoms with Crippen LogP contribution in [0, 0.1) is 5.82 Å². The lowest BCUT2D eigenvalue weighted by Gasteiger charge is -2.19. The van der Waals surface area contributed by atoms with Crippen molar-refractivity contribution in [2.45, 2.75) is 0 Å². The molecular weight excluding hydrogens is 342 g/mol. The average molecular weight is 359 g/mol. The number of likely N-dealkylation sites (N-methyl/N-ethyl adjacent to an activating group) is 1. The summed E-state index contributed by atoms with van der Waals surface area (Å²) >= 11 is 12.3. The van der Waals surface area contributed by atoms with E-state index in [1.54, 1.807) is 0 Å². The Morgan fingerprint density at radius 1 is 1.35 bits per heavy atom. The number of phenolic OH excluding ortho intramolecular Hbond substituents is 1. The van der Waals surface area contributed by atoms with Gasteiger partial charge in [0.1, 0.15) is 18.1 Å². The second kappa shape index (κ2) is 5.83. The number of halogens is 3. The van der Waals surface area contributed by atoms with Crippen LogP contribution in [0.25, 0.3) is 0 Å². The minimum absolute atomic E-state index is 0.00522. The largest absolute Gasteiger partial charge is 0.508 e. The first kappa shape index (κ1) is 12.3. The summed E-state index contributed by atoms with van der Waals surface area (Å²) in [5.74, 6) is -1.76. The number of rotatable bonds is 1. The second-order valence-electron chi connectivity index (χ2n) is 4.81. The monoisotopic (exact) mass is 358 g/mol. The standard InChI is InChI=1S/C16H11Cl2FN2O2/c1-21-12-5-3-10(17)15(18)14(12)16(20-7-13(21)23)9-6-8(22)2-4-11(9)19/h2-6,22H,7H2,1H3/i1T3. The Morgan fingerprint density at radius 2 is 2.13 bits per heavy atom. The molecule has 7 heteroatoms. The summed E-state index contributed by atoms with van der Waals surface area (Å²) in [5.41, 5.74) is -0.259. The summed E-state index contributed by atoms with van der Waals surface area (Å²) < 4.78 is 37.3.